The number of amides is 4. The number of rotatable bonds is 4. The summed E-state index contributed by atoms with van der Waals surface area (Å²) in [6.45, 7) is 0.283. The molecule has 1 fully saturated rings. The van der Waals surface area contributed by atoms with E-state index in [0.29, 0.717) is 4.90 Å². The van der Waals surface area contributed by atoms with Gasteiger partial charge in [-0.05, 0) is 17.7 Å². The number of carbonyl (C=O) groups is 3. The van der Waals surface area contributed by atoms with Crippen LogP contribution in [0.4, 0.5) is 14.9 Å². The third-order valence-corrected chi connectivity index (χ3v) is 3.67. The first kappa shape index (κ1) is 16.5. The zero-order valence-corrected chi connectivity index (χ0v) is 13.1. The molecule has 1 atom stereocenters. The molecule has 0 aliphatic carbocycles. The van der Waals surface area contributed by atoms with Crippen molar-refractivity contribution in [2.75, 3.05) is 4.90 Å². The maximum Gasteiger partial charge on any atom is 0.335 e. The van der Waals surface area contributed by atoms with Crippen LogP contribution in [0.2, 0.25) is 0 Å². The molecule has 0 aromatic heterocycles. The Labute approximate surface area is 143 Å². The summed E-state index contributed by atoms with van der Waals surface area (Å²) in [4.78, 5) is 41.2. The molecule has 3 rings (SSSR count). The molecule has 1 heterocycles. The molecule has 0 spiro atoms. The number of anilines is 1. The van der Waals surface area contributed by atoms with Gasteiger partial charge in [0.25, 0.3) is 5.91 Å². The van der Waals surface area contributed by atoms with Gasteiger partial charge in [0.05, 0.1) is 12.2 Å². The fourth-order valence-corrected chi connectivity index (χ4v) is 2.43. The van der Waals surface area contributed by atoms with E-state index in [9.17, 15) is 18.8 Å². The fraction of sp³-hybridized carbons (Fsp3) is 0.111. The fourth-order valence-electron chi connectivity index (χ4n) is 2.43. The Morgan fingerprint density at radius 3 is 2.44 bits per heavy atom. The molecule has 1 N–H and O–H groups in total. The average Bonchev–Trinajstić information content (AvgIpc) is 2.60. The number of urea groups is 1. The molecular weight excluding hydrogens is 325 g/mol. The second kappa shape index (κ2) is 7.04. The van der Waals surface area contributed by atoms with E-state index in [1.54, 1.807) is 0 Å². The topological polar surface area (TPSA) is 78.8 Å². The lowest BCUT2D eigenvalue weighted by Gasteiger charge is -2.28. The SMILES string of the molecule is O=C1NC(=O)N(c2ccccc2F)C(=O)[C@@H]1C=NCc1ccccc1. The number of aliphatic imine (C=N–C) groups is 1. The lowest BCUT2D eigenvalue weighted by atomic mass is 10.1. The van der Waals surface area contributed by atoms with Gasteiger partial charge in [-0.2, -0.15) is 0 Å². The van der Waals surface area contributed by atoms with Crippen molar-refractivity contribution >= 4 is 29.7 Å². The highest BCUT2D eigenvalue weighted by atomic mass is 19.1. The minimum atomic E-state index is -1.29. The van der Waals surface area contributed by atoms with E-state index < -0.39 is 29.6 Å². The van der Waals surface area contributed by atoms with Crippen molar-refractivity contribution < 1.29 is 18.8 Å². The highest BCUT2D eigenvalue weighted by Crippen LogP contribution is 2.23. The second-order valence-electron chi connectivity index (χ2n) is 5.37. The Morgan fingerprint density at radius 2 is 1.72 bits per heavy atom. The molecule has 1 saturated heterocycles. The number of halogens is 1. The van der Waals surface area contributed by atoms with Gasteiger partial charge in [-0.3, -0.25) is 19.9 Å². The van der Waals surface area contributed by atoms with Crippen LogP contribution in [-0.2, 0) is 16.1 Å². The number of nitrogens with one attached hydrogen (secondary N) is 1. The molecule has 4 amide bonds. The largest absolute Gasteiger partial charge is 0.335 e. The van der Waals surface area contributed by atoms with Gasteiger partial charge in [0.15, 0.2) is 5.92 Å². The van der Waals surface area contributed by atoms with E-state index in [-0.39, 0.29) is 12.2 Å². The summed E-state index contributed by atoms with van der Waals surface area (Å²) in [6, 6.07) is 13.7. The molecule has 2 aromatic rings. The van der Waals surface area contributed by atoms with Crippen molar-refractivity contribution in [3.8, 4) is 0 Å². The van der Waals surface area contributed by atoms with Crippen LogP contribution in [0.1, 0.15) is 5.56 Å². The summed E-state index contributed by atoms with van der Waals surface area (Å²) in [5.41, 5.74) is 0.698. The Hall–Kier alpha value is -3.35. The Morgan fingerprint density at radius 1 is 1.04 bits per heavy atom. The predicted octanol–water partition coefficient (Wildman–Crippen LogP) is 2.30. The number of barbiturate groups is 1. The van der Waals surface area contributed by atoms with Crippen molar-refractivity contribution in [1.29, 1.82) is 0 Å². The summed E-state index contributed by atoms with van der Waals surface area (Å²) in [5.74, 6) is -3.64. The van der Waals surface area contributed by atoms with E-state index in [2.05, 4.69) is 10.3 Å². The van der Waals surface area contributed by atoms with Crippen LogP contribution in [0.15, 0.2) is 59.6 Å². The van der Waals surface area contributed by atoms with Crippen LogP contribution in [0.25, 0.3) is 0 Å². The van der Waals surface area contributed by atoms with E-state index in [0.717, 1.165) is 11.6 Å². The zero-order chi connectivity index (χ0) is 17.8. The number of hydrogen-bond donors (Lipinski definition) is 1. The molecule has 1 aliphatic heterocycles. The second-order valence-corrected chi connectivity index (χ2v) is 5.37. The first-order valence-electron chi connectivity index (χ1n) is 7.55. The number of nitrogens with zero attached hydrogens (tertiary/aromatic N) is 2. The van der Waals surface area contributed by atoms with Crippen LogP contribution in [0, 0.1) is 11.7 Å². The molecule has 2 aromatic carbocycles. The van der Waals surface area contributed by atoms with Crippen molar-refractivity contribution in [3.05, 3.63) is 66.0 Å². The zero-order valence-electron chi connectivity index (χ0n) is 13.1. The maximum absolute atomic E-state index is 13.9. The maximum atomic E-state index is 13.9. The van der Waals surface area contributed by atoms with Crippen LogP contribution in [-0.4, -0.2) is 24.1 Å². The van der Waals surface area contributed by atoms with Gasteiger partial charge in [0.1, 0.15) is 5.82 Å². The van der Waals surface area contributed by atoms with Crippen molar-refractivity contribution in [1.82, 2.24) is 5.32 Å². The molecule has 0 radical (unpaired) electrons. The van der Waals surface area contributed by atoms with Crippen molar-refractivity contribution in [2.45, 2.75) is 6.54 Å². The first-order valence-corrected chi connectivity index (χ1v) is 7.55. The molecule has 7 heteroatoms. The summed E-state index contributed by atoms with van der Waals surface area (Å²) < 4.78 is 13.9. The van der Waals surface area contributed by atoms with Gasteiger partial charge < -0.3 is 0 Å². The molecule has 0 unspecified atom stereocenters. The normalized spacial score (nSPS) is 17.9. The van der Waals surface area contributed by atoms with E-state index in [1.807, 2.05) is 30.3 Å². The molecular formula is C18H14FN3O3. The summed E-state index contributed by atoms with van der Waals surface area (Å²) in [7, 11) is 0. The highest BCUT2D eigenvalue weighted by molar-refractivity contribution is 6.32. The standard InChI is InChI=1S/C18H14FN3O3/c19-14-8-4-5-9-15(14)22-17(24)13(16(23)21-18(22)25)11-20-10-12-6-2-1-3-7-12/h1-9,11,13H,10H2,(H,21,23,25)/t13-/m1/s1. The van der Waals surface area contributed by atoms with E-state index >= 15 is 0 Å². The number of para-hydroxylation sites is 1. The Bertz CT molecular complexity index is 852. The lowest BCUT2D eigenvalue weighted by molar-refractivity contribution is -0.131. The van der Waals surface area contributed by atoms with Gasteiger partial charge in [-0.25, -0.2) is 14.1 Å². The summed E-state index contributed by atoms with van der Waals surface area (Å²) in [6.07, 6.45) is 1.19. The minimum absolute atomic E-state index is 0.209. The van der Waals surface area contributed by atoms with Gasteiger partial charge in [-0.1, -0.05) is 42.5 Å². The number of hydrogen-bond acceptors (Lipinski definition) is 4. The van der Waals surface area contributed by atoms with Crippen LogP contribution < -0.4 is 10.2 Å². The summed E-state index contributed by atoms with van der Waals surface area (Å²) in [5, 5.41) is 2.05. The molecule has 0 saturated carbocycles. The average molecular weight is 339 g/mol. The number of benzene rings is 2. The van der Waals surface area contributed by atoms with Crippen LogP contribution in [0.3, 0.4) is 0 Å². The van der Waals surface area contributed by atoms with Gasteiger partial charge >= 0.3 is 6.03 Å². The van der Waals surface area contributed by atoms with Crippen molar-refractivity contribution in [3.63, 3.8) is 0 Å². The summed E-state index contributed by atoms with van der Waals surface area (Å²) >= 11 is 0. The first-order chi connectivity index (χ1) is 12.1. The lowest BCUT2D eigenvalue weighted by Crippen LogP contribution is -2.58. The van der Waals surface area contributed by atoms with Crippen molar-refractivity contribution in [2.24, 2.45) is 10.9 Å². The minimum Gasteiger partial charge on any atom is -0.291 e. The molecule has 1 aliphatic rings. The van der Waals surface area contributed by atoms with Gasteiger partial charge in [0, 0.05) is 6.21 Å². The molecule has 25 heavy (non-hydrogen) atoms. The van der Waals surface area contributed by atoms with Crippen LogP contribution in [0.5, 0.6) is 0 Å². The van der Waals surface area contributed by atoms with Gasteiger partial charge in [0.2, 0.25) is 5.91 Å². The van der Waals surface area contributed by atoms with E-state index in [1.165, 1.54) is 24.4 Å². The monoisotopic (exact) mass is 339 g/mol. The Balaban J connectivity index is 1.82. The molecule has 0 bridgehead atoms. The Kier molecular flexibility index (Phi) is 4.65. The quantitative estimate of drug-likeness (QED) is 0.686. The smallest absolute Gasteiger partial charge is 0.291 e. The van der Waals surface area contributed by atoms with E-state index in [4.69, 9.17) is 0 Å². The van der Waals surface area contributed by atoms with Crippen LogP contribution >= 0.6 is 0 Å². The predicted molar refractivity (Wildman–Crippen MR) is 89.6 cm³/mol. The third-order valence-electron chi connectivity index (χ3n) is 3.67. The molecule has 6 nitrogen and oxygen atoms in total. The molecule has 126 valence electrons. The van der Waals surface area contributed by atoms with Gasteiger partial charge in [-0.15, -0.1) is 0 Å². The highest BCUT2D eigenvalue weighted by Gasteiger charge is 2.41. The third kappa shape index (κ3) is 3.45. The number of imide groups is 2. The number of carbonyl (C=O) groups excluding carboxylic acids is 3.